The van der Waals surface area contributed by atoms with E-state index in [9.17, 15) is 0 Å². The van der Waals surface area contributed by atoms with Gasteiger partial charge in [-0.25, -0.2) is 0 Å². The van der Waals surface area contributed by atoms with Crippen molar-refractivity contribution in [2.75, 3.05) is 0 Å². The lowest BCUT2D eigenvalue weighted by Gasteiger charge is -1.89. The highest BCUT2D eigenvalue weighted by Gasteiger charge is 1.94. The molecule has 0 N–H and O–H groups in total. The van der Waals surface area contributed by atoms with Gasteiger partial charge in [-0.3, -0.25) is 0 Å². The van der Waals surface area contributed by atoms with Gasteiger partial charge < -0.3 is 0 Å². The van der Waals surface area contributed by atoms with E-state index in [1.165, 1.54) is 11.1 Å². The van der Waals surface area contributed by atoms with E-state index in [-0.39, 0.29) is 0 Å². The Hall–Kier alpha value is -2.11. The SMILES string of the molecule is Cc1ccc(C=[N+]=Cc2ccc(C)cc2)cc1. The molecule has 2 aromatic rings. The number of rotatable bonds is 2. The average Bonchev–Trinajstić information content (AvgIpc) is 2.34. The lowest BCUT2D eigenvalue weighted by molar-refractivity contribution is 1.46. The number of hydrogen-bond donors (Lipinski definition) is 0. The van der Waals surface area contributed by atoms with Crippen LogP contribution in [0.25, 0.3) is 0 Å². The van der Waals surface area contributed by atoms with Crippen molar-refractivity contribution >= 4 is 12.4 Å². The first kappa shape index (κ1) is 11.4. The molecule has 2 rings (SSSR count). The quantitative estimate of drug-likeness (QED) is 0.548. The molecule has 0 aromatic heterocycles. The first-order valence-electron chi connectivity index (χ1n) is 5.74. The smallest absolute Gasteiger partial charge is 0.0996 e. The Kier molecular flexibility index (Phi) is 3.54. The van der Waals surface area contributed by atoms with E-state index in [0.717, 1.165) is 11.1 Å². The Labute approximate surface area is 102 Å². The zero-order valence-corrected chi connectivity index (χ0v) is 10.2. The van der Waals surface area contributed by atoms with Crippen LogP contribution >= 0.6 is 0 Å². The van der Waals surface area contributed by atoms with Gasteiger partial charge in [0.15, 0.2) is 0 Å². The van der Waals surface area contributed by atoms with Crippen molar-refractivity contribution in [1.29, 1.82) is 0 Å². The lowest BCUT2D eigenvalue weighted by atomic mass is 10.2. The summed E-state index contributed by atoms with van der Waals surface area (Å²) < 4.78 is 4.32. The van der Waals surface area contributed by atoms with Crippen molar-refractivity contribution in [3.63, 3.8) is 0 Å². The standard InChI is InChI=1S/C16H16N/c1-13-3-7-15(8-4-13)11-17-12-16-9-5-14(2)6-10-16/h3-12H,1-2H3/q+1. The van der Waals surface area contributed by atoms with Gasteiger partial charge in [-0.1, -0.05) is 40.1 Å². The normalized spacial score (nSPS) is 9.53. The maximum atomic E-state index is 4.32. The predicted molar refractivity (Wildman–Crippen MR) is 74.8 cm³/mol. The summed E-state index contributed by atoms with van der Waals surface area (Å²) in [5.41, 5.74) is 4.78. The molecule has 2 aromatic carbocycles. The molecule has 0 saturated heterocycles. The zero-order valence-electron chi connectivity index (χ0n) is 10.2. The third kappa shape index (κ3) is 3.44. The Morgan fingerprint density at radius 3 is 1.35 bits per heavy atom. The molecule has 0 radical (unpaired) electrons. The summed E-state index contributed by atoms with van der Waals surface area (Å²) in [5.74, 6) is 0. The number of nitrogens with zero attached hydrogens (tertiary/aromatic N) is 1. The summed E-state index contributed by atoms with van der Waals surface area (Å²) in [4.78, 5) is 0. The molecule has 0 bridgehead atoms. The fourth-order valence-corrected chi connectivity index (χ4v) is 1.51. The third-order valence-corrected chi connectivity index (χ3v) is 2.60. The second kappa shape index (κ2) is 5.29. The summed E-state index contributed by atoms with van der Waals surface area (Å²) in [6.45, 7) is 4.17. The molecule has 1 heteroatoms. The van der Waals surface area contributed by atoms with E-state index in [0.29, 0.717) is 0 Å². The summed E-state index contributed by atoms with van der Waals surface area (Å²) in [6, 6.07) is 16.6. The Bertz CT molecular complexity index is 492. The Morgan fingerprint density at radius 2 is 1.00 bits per heavy atom. The molecule has 1 nitrogen and oxygen atoms in total. The summed E-state index contributed by atoms with van der Waals surface area (Å²) in [5, 5.41) is 0. The van der Waals surface area contributed by atoms with Crippen LogP contribution in [0.2, 0.25) is 0 Å². The first-order chi connectivity index (χ1) is 8.24. The second-order valence-corrected chi connectivity index (χ2v) is 4.23. The minimum atomic E-state index is 1.12. The Morgan fingerprint density at radius 1 is 0.647 bits per heavy atom. The van der Waals surface area contributed by atoms with Gasteiger partial charge in [0, 0.05) is 0 Å². The fourth-order valence-electron chi connectivity index (χ4n) is 1.51. The van der Waals surface area contributed by atoms with Crippen LogP contribution in [-0.4, -0.2) is 12.4 Å². The van der Waals surface area contributed by atoms with Crippen molar-refractivity contribution in [3.8, 4) is 0 Å². The largest absolute Gasteiger partial charge is 0.299 e. The van der Waals surface area contributed by atoms with Crippen molar-refractivity contribution in [2.45, 2.75) is 13.8 Å². The highest BCUT2D eigenvalue weighted by atomic mass is 14.5. The molecule has 0 unspecified atom stereocenters. The van der Waals surface area contributed by atoms with E-state index in [2.05, 4.69) is 67.0 Å². The van der Waals surface area contributed by atoms with Crippen LogP contribution in [0.3, 0.4) is 0 Å². The zero-order chi connectivity index (χ0) is 12.1. The van der Waals surface area contributed by atoms with Crippen LogP contribution in [0, 0.1) is 13.8 Å². The van der Waals surface area contributed by atoms with Crippen molar-refractivity contribution in [3.05, 3.63) is 70.8 Å². The minimum absolute atomic E-state index is 1.12. The van der Waals surface area contributed by atoms with Crippen LogP contribution in [0.4, 0.5) is 0 Å². The molecule has 0 saturated carbocycles. The second-order valence-electron chi connectivity index (χ2n) is 4.23. The maximum absolute atomic E-state index is 4.32. The molecule has 0 aliphatic heterocycles. The summed E-state index contributed by atoms with van der Waals surface area (Å²) >= 11 is 0. The fraction of sp³-hybridized carbons (Fsp3) is 0.125. The van der Waals surface area contributed by atoms with Crippen LogP contribution < -0.4 is 4.67 Å². The van der Waals surface area contributed by atoms with E-state index < -0.39 is 0 Å². The van der Waals surface area contributed by atoms with Crippen LogP contribution in [-0.2, 0) is 0 Å². The van der Waals surface area contributed by atoms with Gasteiger partial charge >= 0.3 is 0 Å². The van der Waals surface area contributed by atoms with Gasteiger partial charge in [0.2, 0.25) is 0 Å². The van der Waals surface area contributed by atoms with E-state index in [1.807, 2.05) is 12.4 Å². The van der Waals surface area contributed by atoms with Crippen molar-refractivity contribution < 1.29 is 0 Å². The van der Waals surface area contributed by atoms with E-state index in [1.54, 1.807) is 0 Å². The Balaban J connectivity index is 2.14. The molecule has 0 aliphatic rings. The molecular formula is C16H16N+. The van der Waals surface area contributed by atoms with Crippen molar-refractivity contribution in [2.24, 2.45) is 0 Å². The van der Waals surface area contributed by atoms with Crippen LogP contribution in [0.1, 0.15) is 22.3 Å². The molecular weight excluding hydrogens is 206 g/mol. The maximum Gasteiger partial charge on any atom is 0.299 e. The number of aryl methyl sites for hydroxylation is 2. The monoisotopic (exact) mass is 222 g/mol. The molecule has 0 fully saturated rings. The van der Waals surface area contributed by atoms with Crippen LogP contribution in [0.15, 0.2) is 48.5 Å². The van der Waals surface area contributed by atoms with Gasteiger partial charge in [-0.05, 0) is 38.1 Å². The third-order valence-electron chi connectivity index (χ3n) is 2.60. The van der Waals surface area contributed by atoms with Crippen LogP contribution in [0.5, 0.6) is 0 Å². The number of benzene rings is 2. The lowest BCUT2D eigenvalue weighted by Crippen LogP contribution is -1.88. The van der Waals surface area contributed by atoms with Gasteiger partial charge in [0.05, 0.1) is 11.1 Å². The topological polar surface area (TPSA) is 14.1 Å². The van der Waals surface area contributed by atoms with Gasteiger partial charge in [-0.2, -0.15) is 0 Å². The first-order valence-corrected chi connectivity index (χ1v) is 5.74. The summed E-state index contributed by atoms with van der Waals surface area (Å²) in [7, 11) is 0. The number of hydrogen-bond acceptors (Lipinski definition) is 0. The average molecular weight is 222 g/mol. The van der Waals surface area contributed by atoms with E-state index >= 15 is 0 Å². The highest BCUT2D eigenvalue weighted by molar-refractivity contribution is 5.86. The molecule has 0 spiro atoms. The molecule has 0 amide bonds. The van der Waals surface area contributed by atoms with Gasteiger partial charge in [0.1, 0.15) is 0 Å². The highest BCUT2D eigenvalue weighted by Crippen LogP contribution is 2.00. The minimum Gasteiger partial charge on any atom is -0.0996 e. The predicted octanol–water partition coefficient (Wildman–Crippen LogP) is 2.91. The molecule has 0 heterocycles. The molecule has 0 atom stereocenters. The van der Waals surface area contributed by atoms with Crippen molar-refractivity contribution in [1.82, 2.24) is 4.67 Å². The summed E-state index contributed by atoms with van der Waals surface area (Å²) in [6.07, 6.45) is 3.75. The molecule has 84 valence electrons. The molecule has 0 aliphatic carbocycles. The van der Waals surface area contributed by atoms with Gasteiger partial charge in [0.25, 0.3) is 12.4 Å². The van der Waals surface area contributed by atoms with Gasteiger partial charge in [-0.15, -0.1) is 0 Å². The van der Waals surface area contributed by atoms with E-state index in [4.69, 9.17) is 0 Å². The molecule has 17 heavy (non-hydrogen) atoms.